The van der Waals surface area contributed by atoms with Gasteiger partial charge in [0.1, 0.15) is 0 Å². The Balaban J connectivity index is 2.25. The van der Waals surface area contributed by atoms with Crippen molar-refractivity contribution >= 4 is 0 Å². The molecule has 1 aromatic heterocycles. The molecular formula is C14H18N2O. The van der Waals surface area contributed by atoms with Gasteiger partial charge >= 0.3 is 0 Å². The Morgan fingerprint density at radius 2 is 1.88 bits per heavy atom. The number of aryl methyl sites for hydroxylation is 3. The Hall–Kier alpha value is -1.61. The van der Waals surface area contributed by atoms with Crippen LogP contribution in [0.5, 0.6) is 0 Å². The summed E-state index contributed by atoms with van der Waals surface area (Å²) >= 11 is 0. The molecule has 0 radical (unpaired) electrons. The lowest BCUT2D eigenvalue weighted by molar-refractivity contribution is 0.168. The lowest BCUT2D eigenvalue weighted by atomic mass is 9.96. The Morgan fingerprint density at radius 1 is 1.24 bits per heavy atom. The number of rotatable bonds is 3. The summed E-state index contributed by atoms with van der Waals surface area (Å²) in [6, 6.07) is 8.07. The first-order valence-electron chi connectivity index (χ1n) is 5.80. The minimum Gasteiger partial charge on any atom is -0.386 e. The second kappa shape index (κ2) is 4.72. The molecular weight excluding hydrogens is 212 g/mol. The van der Waals surface area contributed by atoms with Gasteiger partial charge in [0.25, 0.3) is 0 Å². The van der Waals surface area contributed by atoms with Gasteiger partial charge in [0.15, 0.2) is 0 Å². The maximum absolute atomic E-state index is 10.2. The van der Waals surface area contributed by atoms with Crippen molar-refractivity contribution in [3.8, 4) is 0 Å². The van der Waals surface area contributed by atoms with Crippen molar-refractivity contribution in [3.05, 3.63) is 52.8 Å². The normalized spacial score (nSPS) is 12.7. The molecule has 3 nitrogen and oxygen atoms in total. The van der Waals surface area contributed by atoms with Crippen LogP contribution in [0.2, 0.25) is 0 Å². The van der Waals surface area contributed by atoms with Gasteiger partial charge in [-0.25, -0.2) is 0 Å². The Labute approximate surface area is 102 Å². The minimum absolute atomic E-state index is 0.498. The van der Waals surface area contributed by atoms with Crippen LogP contribution in [0.25, 0.3) is 0 Å². The first-order valence-corrected chi connectivity index (χ1v) is 5.80. The molecule has 2 rings (SSSR count). The maximum Gasteiger partial charge on any atom is 0.0996 e. The molecule has 17 heavy (non-hydrogen) atoms. The zero-order chi connectivity index (χ0) is 12.4. The average Bonchev–Trinajstić information content (AvgIpc) is 2.70. The van der Waals surface area contributed by atoms with E-state index in [1.807, 2.05) is 19.2 Å². The smallest absolute Gasteiger partial charge is 0.0996 e. The molecule has 0 bridgehead atoms. The number of nitrogens with zero attached hydrogens (tertiary/aromatic N) is 2. The molecule has 1 aromatic carbocycles. The fraction of sp³-hybridized carbons (Fsp3) is 0.357. The molecule has 1 unspecified atom stereocenters. The van der Waals surface area contributed by atoms with Crippen LogP contribution in [0.4, 0.5) is 0 Å². The van der Waals surface area contributed by atoms with Crippen molar-refractivity contribution in [3.63, 3.8) is 0 Å². The molecule has 0 aliphatic carbocycles. The van der Waals surface area contributed by atoms with Crippen molar-refractivity contribution in [1.29, 1.82) is 0 Å². The fourth-order valence-corrected chi connectivity index (χ4v) is 2.18. The van der Waals surface area contributed by atoms with E-state index in [9.17, 15) is 5.11 Å². The molecule has 1 N–H and O–H groups in total. The van der Waals surface area contributed by atoms with Crippen LogP contribution < -0.4 is 0 Å². The van der Waals surface area contributed by atoms with Gasteiger partial charge in [-0.1, -0.05) is 18.2 Å². The summed E-state index contributed by atoms with van der Waals surface area (Å²) in [4.78, 5) is 0. The zero-order valence-electron chi connectivity index (χ0n) is 10.5. The quantitative estimate of drug-likeness (QED) is 0.878. The summed E-state index contributed by atoms with van der Waals surface area (Å²) in [6.07, 6.45) is 1.85. The molecule has 0 saturated heterocycles. The zero-order valence-corrected chi connectivity index (χ0v) is 10.5. The number of aromatic nitrogens is 2. The Morgan fingerprint density at radius 3 is 2.41 bits per heavy atom. The van der Waals surface area contributed by atoms with E-state index >= 15 is 0 Å². The predicted octanol–water partition coefficient (Wildman–Crippen LogP) is 2.31. The summed E-state index contributed by atoms with van der Waals surface area (Å²) < 4.78 is 1.72. The van der Waals surface area contributed by atoms with Crippen LogP contribution in [-0.2, 0) is 13.5 Å². The second-order valence-corrected chi connectivity index (χ2v) is 4.47. The standard InChI is InChI=1S/C14H18N2O/c1-10-5-4-6-11(2)12(10)9-14(17)13-7-8-15-16(13)3/h4-8,14,17H,9H2,1-3H3. The summed E-state index contributed by atoms with van der Waals surface area (Å²) in [6.45, 7) is 4.16. The first-order chi connectivity index (χ1) is 8.09. The van der Waals surface area contributed by atoms with Crippen molar-refractivity contribution in [2.45, 2.75) is 26.4 Å². The highest BCUT2D eigenvalue weighted by Gasteiger charge is 2.14. The molecule has 0 spiro atoms. The highest BCUT2D eigenvalue weighted by molar-refractivity contribution is 5.34. The van der Waals surface area contributed by atoms with Gasteiger partial charge in [0.05, 0.1) is 11.8 Å². The van der Waals surface area contributed by atoms with Crippen molar-refractivity contribution in [2.75, 3.05) is 0 Å². The lowest BCUT2D eigenvalue weighted by Crippen LogP contribution is -2.09. The van der Waals surface area contributed by atoms with E-state index in [1.165, 1.54) is 16.7 Å². The number of hydrogen-bond donors (Lipinski definition) is 1. The van der Waals surface area contributed by atoms with Gasteiger partial charge in [-0.3, -0.25) is 4.68 Å². The average molecular weight is 230 g/mol. The lowest BCUT2D eigenvalue weighted by Gasteiger charge is -2.15. The monoisotopic (exact) mass is 230 g/mol. The Bertz CT molecular complexity index is 496. The van der Waals surface area contributed by atoms with Crippen LogP contribution >= 0.6 is 0 Å². The van der Waals surface area contributed by atoms with Gasteiger partial charge in [-0.05, 0) is 36.6 Å². The number of aliphatic hydroxyl groups is 1. The Kier molecular flexibility index (Phi) is 3.29. The van der Waals surface area contributed by atoms with Crippen LogP contribution in [0.15, 0.2) is 30.5 Å². The topological polar surface area (TPSA) is 38.1 Å². The van der Waals surface area contributed by atoms with Crippen molar-refractivity contribution < 1.29 is 5.11 Å². The molecule has 90 valence electrons. The molecule has 0 aliphatic rings. The molecule has 0 saturated carbocycles. The van der Waals surface area contributed by atoms with E-state index in [1.54, 1.807) is 10.9 Å². The molecule has 3 heteroatoms. The molecule has 0 fully saturated rings. The highest BCUT2D eigenvalue weighted by Crippen LogP contribution is 2.22. The first kappa shape index (κ1) is 11.9. The van der Waals surface area contributed by atoms with E-state index in [0.29, 0.717) is 6.42 Å². The van der Waals surface area contributed by atoms with E-state index in [0.717, 1.165) is 5.69 Å². The predicted molar refractivity (Wildman–Crippen MR) is 67.8 cm³/mol. The third-order valence-electron chi connectivity index (χ3n) is 3.24. The minimum atomic E-state index is -0.498. The van der Waals surface area contributed by atoms with Gasteiger partial charge in [-0.2, -0.15) is 5.10 Å². The number of aliphatic hydroxyl groups excluding tert-OH is 1. The summed E-state index contributed by atoms with van der Waals surface area (Å²) in [5, 5.41) is 14.3. The van der Waals surface area contributed by atoms with Crippen molar-refractivity contribution in [2.24, 2.45) is 7.05 Å². The number of benzene rings is 1. The van der Waals surface area contributed by atoms with E-state index in [4.69, 9.17) is 0 Å². The van der Waals surface area contributed by atoms with Gasteiger partial charge in [-0.15, -0.1) is 0 Å². The molecule has 1 atom stereocenters. The third kappa shape index (κ3) is 2.39. The summed E-state index contributed by atoms with van der Waals surface area (Å²) in [5.74, 6) is 0. The third-order valence-corrected chi connectivity index (χ3v) is 3.24. The summed E-state index contributed by atoms with van der Waals surface area (Å²) in [7, 11) is 1.85. The van der Waals surface area contributed by atoms with Crippen molar-refractivity contribution in [1.82, 2.24) is 9.78 Å². The highest BCUT2D eigenvalue weighted by atomic mass is 16.3. The largest absolute Gasteiger partial charge is 0.386 e. The molecule has 0 amide bonds. The van der Waals surface area contributed by atoms with Crippen LogP contribution in [0.1, 0.15) is 28.5 Å². The van der Waals surface area contributed by atoms with Crippen LogP contribution in [-0.4, -0.2) is 14.9 Å². The summed E-state index contributed by atoms with van der Waals surface area (Å²) in [5.41, 5.74) is 4.53. The maximum atomic E-state index is 10.2. The van der Waals surface area contributed by atoms with E-state index in [-0.39, 0.29) is 0 Å². The molecule has 1 heterocycles. The van der Waals surface area contributed by atoms with Crippen LogP contribution in [0, 0.1) is 13.8 Å². The fourth-order valence-electron chi connectivity index (χ4n) is 2.18. The SMILES string of the molecule is Cc1cccc(C)c1CC(O)c1ccnn1C. The van der Waals surface area contributed by atoms with Gasteiger partial charge < -0.3 is 5.11 Å². The number of hydrogen-bond acceptors (Lipinski definition) is 2. The van der Waals surface area contributed by atoms with E-state index in [2.05, 4.69) is 31.1 Å². The van der Waals surface area contributed by atoms with Gasteiger partial charge in [0, 0.05) is 19.7 Å². The van der Waals surface area contributed by atoms with Crippen LogP contribution in [0.3, 0.4) is 0 Å². The van der Waals surface area contributed by atoms with E-state index < -0.39 is 6.10 Å². The van der Waals surface area contributed by atoms with Gasteiger partial charge in [0.2, 0.25) is 0 Å². The second-order valence-electron chi connectivity index (χ2n) is 4.47. The molecule has 0 aliphatic heterocycles. The molecule has 2 aromatic rings.